The third-order valence-corrected chi connectivity index (χ3v) is 8.28. The van der Waals surface area contributed by atoms with Crippen LogP contribution in [-0.2, 0) is 21.2 Å². The van der Waals surface area contributed by atoms with Crippen LogP contribution >= 0.6 is 11.3 Å². The molecule has 1 aromatic heterocycles. The molecule has 2 aromatic rings. The van der Waals surface area contributed by atoms with E-state index in [0.717, 1.165) is 30.6 Å². The van der Waals surface area contributed by atoms with Gasteiger partial charge in [0.15, 0.2) is 0 Å². The molecule has 0 bridgehead atoms. The lowest BCUT2D eigenvalue weighted by atomic mass is 9.99. The Morgan fingerprint density at radius 1 is 1.28 bits per heavy atom. The molecule has 1 saturated heterocycles. The fraction of sp³-hybridized carbons (Fsp3) is 0.476. The third-order valence-electron chi connectivity index (χ3n) is 5.04. The molecule has 1 aliphatic heterocycles. The summed E-state index contributed by atoms with van der Waals surface area (Å²) in [6.07, 6.45) is 3.04. The highest BCUT2D eigenvalue weighted by atomic mass is 32.2. The number of ether oxygens (including phenoxy) is 1. The number of nitrogens with zero attached hydrogens (tertiary/aromatic N) is 1. The summed E-state index contributed by atoms with van der Waals surface area (Å²) in [5, 5.41) is 4.74. The van der Waals surface area contributed by atoms with Gasteiger partial charge >= 0.3 is 0 Å². The zero-order chi connectivity index (χ0) is 20.7. The summed E-state index contributed by atoms with van der Waals surface area (Å²) in [7, 11) is -3.50. The van der Waals surface area contributed by atoms with E-state index in [1.165, 1.54) is 15.6 Å². The summed E-state index contributed by atoms with van der Waals surface area (Å²) in [6, 6.07) is 11.3. The van der Waals surface area contributed by atoms with Crippen LogP contribution in [0.4, 0.5) is 0 Å². The predicted molar refractivity (Wildman–Crippen MR) is 115 cm³/mol. The second-order valence-electron chi connectivity index (χ2n) is 7.07. The Labute approximate surface area is 176 Å². The Kier molecular flexibility index (Phi) is 7.69. The number of carbonyl (C=O) groups excluding carboxylic acids is 1. The maximum atomic E-state index is 12.7. The van der Waals surface area contributed by atoms with Crippen LogP contribution in [0.2, 0.25) is 0 Å². The molecule has 0 saturated carbocycles. The van der Waals surface area contributed by atoms with Gasteiger partial charge in [-0.15, -0.1) is 11.3 Å². The number of hydrogen-bond acceptors (Lipinski definition) is 5. The number of aryl methyl sites for hydroxylation is 1. The summed E-state index contributed by atoms with van der Waals surface area (Å²) in [4.78, 5) is 12.6. The van der Waals surface area contributed by atoms with Gasteiger partial charge in [0.2, 0.25) is 5.91 Å². The molecule has 2 heterocycles. The Morgan fingerprint density at radius 3 is 2.86 bits per heavy atom. The van der Waals surface area contributed by atoms with Gasteiger partial charge in [0, 0.05) is 19.6 Å². The fourth-order valence-electron chi connectivity index (χ4n) is 3.55. The average molecular weight is 437 g/mol. The Bertz CT molecular complexity index is 897. The van der Waals surface area contributed by atoms with E-state index in [0.29, 0.717) is 30.3 Å². The van der Waals surface area contributed by atoms with Crippen LogP contribution < -0.4 is 10.1 Å². The standard InChI is InChI=1S/C21H28N2O4S2/c1-2-27-19-11-4-3-8-17(19)9-5-13-22-21(24)18-10-6-14-23(16-18)29(25,26)20-12-7-15-28-20/h3-4,7-8,11-12,15,18H,2,5-6,9-10,13-14,16H2,1H3,(H,22,24). The first-order chi connectivity index (χ1) is 14.0. The summed E-state index contributed by atoms with van der Waals surface area (Å²) in [6.45, 7) is 3.87. The average Bonchev–Trinajstić information content (AvgIpc) is 3.28. The summed E-state index contributed by atoms with van der Waals surface area (Å²) >= 11 is 1.21. The van der Waals surface area contributed by atoms with Crippen molar-refractivity contribution < 1.29 is 17.9 Å². The normalized spacial score (nSPS) is 17.8. The van der Waals surface area contributed by atoms with Crippen molar-refractivity contribution in [2.75, 3.05) is 26.2 Å². The smallest absolute Gasteiger partial charge is 0.252 e. The van der Waals surface area contributed by atoms with Gasteiger partial charge in [-0.2, -0.15) is 4.31 Å². The number of nitrogens with one attached hydrogen (secondary N) is 1. The topological polar surface area (TPSA) is 75.7 Å². The SMILES string of the molecule is CCOc1ccccc1CCCNC(=O)C1CCCN(S(=O)(=O)c2cccs2)C1. The highest BCUT2D eigenvalue weighted by Gasteiger charge is 2.33. The minimum atomic E-state index is -3.50. The van der Waals surface area contributed by atoms with Crippen molar-refractivity contribution >= 4 is 27.3 Å². The van der Waals surface area contributed by atoms with E-state index in [9.17, 15) is 13.2 Å². The van der Waals surface area contributed by atoms with Gasteiger partial charge in [0.05, 0.1) is 12.5 Å². The second-order valence-corrected chi connectivity index (χ2v) is 10.2. The van der Waals surface area contributed by atoms with E-state index in [1.807, 2.05) is 31.2 Å². The van der Waals surface area contributed by atoms with E-state index in [2.05, 4.69) is 5.32 Å². The van der Waals surface area contributed by atoms with Crippen molar-refractivity contribution in [1.82, 2.24) is 9.62 Å². The molecule has 1 atom stereocenters. The monoisotopic (exact) mass is 436 g/mol. The molecular formula is C21H28N2O4S2. The lowest BCUT2D eigenvalue weighted by Crippen LogP contribution is -2.45. The largest absolute Gasteiger partial charge is 0.494 e. The first-order valence-corrected chi connectivity index (χ1v) is 12.4. The third kappa shape index (κ3) is 5.58. The minimum Gasteiger partial charge on any atom is -0.494 e. The van der Waals surface area contributed by atoms with Crippen LogP contribution in [0, 0.1) is 5.92 Å². The molecule has 0 spiro atoms. The zero-order valence-corrected chi connectivity index (χ0v) is 18.3. The lowest BCUT2D eigenvalue weighted by Gasteiger charge is -2.30. The highest BCUT2D eigenvalue weighted by molar-refractivity contribution is 7.91. The summed E-state index contributed by atoms with van der Waals surface area (Å²) in [5.41, 5.74) is 1.13. The van der Waals surface area contributed by atoms with Crippen LogP contribution in [-0.4, -0.2) is 44.9 Å². The molecule has 3 rings (SSSR count). The van der Waals surface area contributed by atoms with Gasteiger partial charge in [-0.25, -0.2) is 8.42 Å². The van der Waals surface area contributed by atoms with Crippen molar-refractivity contribution in [1.29, 1.82) is 0 Å². The Hall–Kier alpha value is -1.90. The van der Waals surface area contributed by atoms with Gasteiger partial charge in [0.25, 0.3) is 10.0 Å². The number of amides is 1. The van der Waals surface area contributed by atoms with Crippen molar-refractivity contribution in [3.05, 3.63) is 47.3 Å². The number of rotatable bonds is 9. The van der Waals surface area contributed by atoms with Crippen LogP contribution in [0.3, 0.4) is 0 Å². The second kappa shape index (κ2) is 10.2. The number of piperidine rings is 1. The van der Waals surface area contributed by atoms with Gasteiger partial charge in [0.1, 0.15) is 9.96 Å². The van der Waals surface area contributed by atoms with Gasteiger partial charge in [-0.3, -0.25) is 4.79 Å². The molecule has 29 heavy (non-hydrogen) atoms. The molecule has 1 aromatic carbocycles. The molecule has 1 aliphatic rings. The molecule has 1 amide bonds. The molecule has 6 nitrogen and oxygen atoms in total. The van der Waals surface area contributed by atoms with Crippen molar-refractivity contribution in [2.24, 2.45) is 5.92 Å². The number of sulfonamides is 1. The maximum Gasteiger partial charge on any atom is 0.252 e. The quantitative estimate of drug-likeness (QED) is 0.612. The first kappa shape index (κ1) is 21.8. The lowest BCUT2D eigenvalue weighted by molar-refractivity contribution is -0.126. The predicted octanol–water partition coefficient (Wildman–Crippen LogP) is 3.30. The zero-order valence-electron chi connectivity index (χ0n) is 16.7. The maximum absolute atomic E-state index is 12.7. The van der Waals surface area contributed by atoms with Crippen molar-refractivity contribution in [2.45, 2.75) is 36.8 Å². The fourth-order valence-corrected chi connectivity index (χ4v) is 6.22. The van der Waals surface area contributed by atoms with Gasteiger partial charge in [-0.05, 0) is 55.7 Å². The van der Waals surface area contributed by atoms with Crippen LogP contribution in [0.15, 0.2) is 46.0 Å². The van der Waals surface area contributed by atoms with E-state index >= 15 is 0 Å². The first-order valence-electron chi connectivity index (χ1n) is 10.0. The number of thiophene rings is 1. The van der Waals surface area contributed by atoms with E-state index < -0.39 is 10.0 Å². The molecule has 0 aliphatic carbocycles. The molecule has 8 heteroatoms. The molecule has 0 radical (unpaired) electrons. The number of para-hydroxylation sites is 1. The van der Waals surface area contributed by atoms with Gasteiger partial charge < -0.3 is 10.1 Å². The Morgan fingerprint density at radius 2 is 2.10 bits per heavy atom. The molecule has 1 unspecified atom stereocenters. The number of hydrogen-bond donors (Lipinski definition) is 1. The number of benzene rings is 1. The molecule has 1 fully saturated rings. The van der Waals surface area contributed by atoms with E-state index in [1.54, 1.807) is 17.5 Å². The minimum absolute atomic E-state index is 0.0610. The molecular weight excluding hydrogens is 408 g/mol. The van der Waals surface area contributed by atoms with Crippen molar-refractivity contribution in [3.8, 4) is 5.75 Å². The number of carbonyl (C=O) groups is 1. The summed E-state index contributed by atoms with van der Waals surface area (Å²) in [5.74, 6) is 0.534. The van der Waals surface area contributed by atoms with Gasteiger partial charge in [-0.1, -0.05) is 24.3 Å². The highest BCUT2D eigenvalue weighted by Crippen LogP contribution is 2.26. The van der Waals surface area contributed by atoms with E-state index in [-0.39, 0.29) is 18.4 Å². The molecule has 158 valence electrons. The summed E-state index contributed by atoms with van der Waals surface area (Å²) < 4.78 is 32.8. The van der Waals surface area contributed by atoms with E-state index in [4.69, 9.17) is 4.74 Å². The molecule has 1 N–H and O–H groups in total. The van der Waals surface area contributed by atoms with Crippen LogP contribution in [0.5, 0.6) is 5.75 Å². The van der Waals surface area contributed by atoms with Crippen LogP contribution in [0.25, 0.3) is 0 Å². The van der Waals surface area contributed by atoms with Crippen molar-refractivity contribution in [3.63, 3.8) is 0 Å². The van der Waals surface area contributed by atoms with Crippen LogP contribution in [0.1, 0.15) is 31.7 Å². The Balaban J connectivity index is 1.48.